The number of hydrogen-bond donors (Lipinski definition) is 2. The SMILES string of the molecule is CCOc1c(Cl)c(-c2c(O)cccc2F)c(F)c2ncnc(N3C[C@@H](C)NC[C@H]3C)c12. The van der Waals surface area contributed by atoms with Crippen molar-refractivity contribution < 1.29 is 18.6 Å². The zero-order valence-electron chi connectivity index (χ0n) is 17.4. The zero-order chi connectivity index (χ0) is 22.3. The molecule has 9 heteroatoms. The van der Waals surface area contributed by atoms with Crippen molar-refractivity contribution in [2.45, 2.75) is 32.9 Å². The van der Waals surface area contributed by atoms with Gasteiger partial charge in [0.2, 0.25) is 0 Å². The van der Waals surface area contributed by atoms with Gasteiger partial charge in [0.25, 0.3) is 0 Å². The third-order valence-corrected chi connectivity index (χ3v) is 5.83. The summed E-state index contributed by atoms with van der Waals surface area (Å²) in [6.07, 6.45) is 1.27. The molecule has 3 aromatic rings. The van der Waals surface area contributed by atoms with Crippen LogP contribution >= 0.6 is 11.6 Å². The van der Waals surface area contributed by atoms with Crippen molar-refractivity contribution in [3.63, 3.8) is 0 Å². The van der Waals surface area contributed by atoms with Crippen LogP contribution in [0.5, 0.6) is 11.5 Å². The maximum absolute atomic E-state index is 15.8. The van der Waals surface area contributed by atoms with Crippen LogP contribution in [-0.2, 0) is 0 Å². The average Bonchev–Trinajstić information content (AvgIpc) is 2.74. The van der Waals surface area contributed by atoms with Crippen LogP contribution in [0.25, 0.3) is 22.0 Å². The molecule has 1 aliphatic heterocycles. The summed E-state index contributed by atoms with van der Waals surface area (Å²) in [6.45, 7) is 7.48. The van der Waals surface area contributed by atoms with E-state index in [-0.39, 0.29) is 46.1 Å². The Balaban J connectivity index is 2.06. The van der Waals surface area contributed by atoms with Gasteiger partial charge in [0.15, 0.2) is 11.6 Å². The monoisotopic (exact) mass is 448 g/mol. The number of phenolic OH excluding ortho intramolecular Hbond substituents is 1. The van der Waals surface area contributed by atoms with Crippen molar-refractivity contribution in [2.75, 3.05) is 24.6 Å². The molecule has 31 heavy (non-hydrogen) atoms. The summed E-state index contributed by atoms with van der Waals surface area (Å²) in [4.78, 5) is 10.6. The number of nitrogens with zero attached hydrogens (tertiary/aromatic N) is 3. The van der Waals surface area contributed by atoms with Crippen LogP contribution in [0.4, 0.5) is 14.6 Å². The number of hydrogen-bond acceptors (Lipinski definition) is 6. The van der Waals surface area contributed by atoms with E-state index in [1.54, 1.807) is 6.92 Å². The first-order valence-corrected chi connectivity index (χ1v) is 10.5. The third-order valence-electron chi connectivity index (χ3n) is 5.47. The van der Waals surface area contributed by atoms with Gasteiger partial charge in [-0.2, -0.15) is 0 Å². The predicted octanol–water partition coefficient (Wildman–Crippen LogP) is 4.52. The van der Waals surface area contributed by atoms with Gasteiger partial charge in [-0.3, -0.25) is 0 Å². The van der Waals surface area contributed by atoms with Crippen molar-refractivity contribution in [3.8, 4) is 22.6 Å². The Labute approximate surface area is 183 Å². The van der Waals surface area contributed by atoms with Crippen LogP contribution in [0.2, 0.25) is 5.02 Å². The van der Waals surface area contributed by atoms with Crippen molar-refractivity contribution >= 4 is 28.3 Å². The van der Waals surface area contributed by atoms with Crippen molar-refractivity contribution in [1.29, 1.82) is 0 Å². The minimum absolute atomic E-state index is 0.0473. The van der Waals surface area contributed by atoms with Crippen LogP contribution < -0.4 is 15.0 Å². The molecule has 6 nitrogen and oxygen atoms in total. The molecule has 1 aliphatic rings. The molecule has 1 saturated heterocycles. The van der Waals surface area contributed by atoms with Gasteiger partial charge >= 0.3 is 0 Å². The van der Waals surface area contributed by atoms with Crippen LogP contribution in [0.1, 0.15) is 20.8 Å². The first kappa shape index (κ1) is 21.5. The maximum Gasteiger partial charge on any atom is 0.159 e. The van der Waals surface area contributed by atoms with Crippen LogP contribution in [0.15, 0.2) is 24.5 Å². The molecule has 2 heterocycles. The standard InChI is InChI=1S/C22H23ClF2N4O2/c1-4-31-21-17-20(27-10-28-22(17)29-9-11(2)26-8-12(29)3)19(25)16(18(21)23)15-13(24)6-5-7-14(15)30/h5-7,10-12,26,30H,4,8-9H2,1-3H3/t11-,12-/m1/s1. The summed E-state index contributed by atoms with van der Waals surface area (Å²) >= 11 is 6.60. The second kappa shape index (κ2) is 8.43. The van der Waals surface area contributed by atoms with Crippen molar-refractivity contribution in [2.24, 2.45) is 0 Å². The van der Waals surface area contributed by atoms with E-state index in [1.165, 1.54) is 18.5 Å². The summed E-state index contributed by atoms with van der Waals surface area (Å²) in [5.74, 6) is -1.42. The fraction of sp³-hybridized carbons (Fsp3) is 0.364. The topological polar surface area (TPSA) is 70.5 Å². The lowest BCUT2D eigenvalue weighted by atomic mass is 9.99. The van der Waals surface area contributed by atoms with Gasteiger partial charge in [0.05, 0.1) is 22.6 Å². The van der Waals surface area contributed by atoms with E-state index in [0.717, 1.165) is 12.6 Å². The Morgan fingerprint density at radius 1 is 1.26 bits per heavy atom. The lowest BCUT2D eigenvalue weighted by Gasteiger charge is -2.39. The highest BCUT2D eigenvalue weighted by molar-refractivity contribution is 6.36. The fourth-order valence-corrected chi connectivity index (χ4v) is 4.31. The molecule has 2 N–H and O–H groups in total. The van der Waals surface area contributed by atoms with Gasteiger partial charge in [-0.25, -0.2) is 18.7 Å². The van der Waals surface area contributed by atoms with E-state index in [0.29, 0.717) is 17.7 Å². The second-order valence-electron chi connectivity index (χ2n) is 7.63. The molecule has 1 aromatic heterocycles. The molecular weight excluding hydrogens is 426 g/mol. The number of aromatic hydroxyl groups is 1. The number of rotatable bonds is 4. The maximum atomic E-state index is 15.8. The number of fused-ring (bicyclic) bond motifs is 1. The lowest BCUT2D eigenvalue weighted by Crippen LogP contribution is -2.54. The molecule has 164 valence electrons. The molecule has 0 aliphatic carbocycles. The van der Waals surface area contributed by atoms with E-state index in [2.05, 4.69) is 27.1 Å². The number of phenols is 1. The molecule has 0 saturated carbocycles. The molecule has 2 aromatic carbocycles. The number of halogens is 3. The van der Waals surface area contributed by atoms with Gasteiger partial charge in [0.1, 0.15) is 29.2 Å². The Kier molecular flexibility index (Phi) is 5.85. The number of ether oxygens (including phenoxy) is 1. The molecule has 4 rings (SSSR count). The van der Waals surface area contributed by atoms with E-state index in [4.69, 9.17) is 16.3 Å². The molecule has 1 fully saturated rings. The highest BCUT2D eigenvalue weighted by atomic mass is 35.5. The largest absolute Gasteiger partial charge is 0.507 e. The molecule has 2 atom stereocenters. The Bertz CT molecular complexity index is 1120. The van der Waals surface area contributed by atoms with Gasteiger partial charge in [-0.1, -0.05) is 17.7 Å². The zero-order valence-corrected chi connectivity index (χ0v) is 18.2. The quantitative estimate of drug-likeness (QED) is 0.611. The van der Waals surface area contributed by atoms with Crippen LogP contribution in [0, 0.1) is 11.6 Å². The second-order valence-corrected chi connectivity index (χ2v) is 8.01. The first-order chi connectivity index (χ1) is 14.8. The number of nitrogens with one attached hydrogen (secondary N) is 1. The van der Waals surface area contributed by atoms with Crippen LogP contribution in [-0.4, -0.2) is 46.9 Å². The van der Waals surface area contributed by atoms with E-state index in [9.17, 15) is 9.50 Å². The molecule has 0 amide bonds. The predicted molar refractivity (Wildman–Crippen MR) is 117 cm³/mol. The molecule has 0 unspecified atom stereocenters. The number of anilines is 1. The minimum Gasteiger partial charge on any atom is -0.507 e. The number of aromatic nitrogens is 2. The lowest BCUT2D eigenvalue weighted by molar-refractivity contribution is 0.344. The Hall–Kier alpha value is -2.71. The fourth-order valence-electron chi connectivity index (χ4n) is 3.98. The summed E-state index contributed by atoms with van der Waals surface area (Å²) in [5, 5.41) is 13.8. The van der Waals surface area contributed by atoms with Gasteiger partial charge < -0.3 is 20.1 Å². The Morgan fingerprint density at radius 3 is 2.74 bits per heavy atom. The highest BCUT2D eigenvalue weighted by Gasteiger charge is 2.31. The van der Waals surface area contributed by atoms with Crippen molar-refractivity contribution in [1.82, 2.24) is 15.3 Å². The van der Waals surface area contributed by atoms with E-state index >= 15 is 4.39 Å². The normalized spacial score (nSPS) is 19.1. The molecule has 0 radical (unpaired) electrons. The van der Waals surface area contributed by atoms with Crippen molar-refractivity contribution in [3.05, 3.63) is 41.2 Å². The Morgan fingerprint density at radius 2 is 2.03 bits per heavy atom. The highest BCUT2D eigenvalue weighted by Crippen LogP contribution is 2.48. The number of benzene rings is 2. The van der Waals surface area contributed by atoms with Gasteiger partial charge in [0, 0.05) is 30.7 Å². The van der Waals surface area contributed by atoms with Gasteiger partial charge in [-0.15, -0.1) is 0 Å². The van der Waals surface area contributed by atoms with Crippen LogP contribution in [0.3, 0.4) is 0 Å². The number of piperazine rings is 1. The summed E-state index contributed by atoms with van der Waals surface area (Å²) in [5.41, 5.74) is -0.675. The summed E-state index contributed by atoms with van der Waals surface area (Å²) in [6, 6.07) is 4.02. The summed E-state index contributed by atoms with van der Waals surface area (Å²) < 4.78 is 36.2. The summed E-state index contributed by atoms with van der Waals surface area (Å²) in [7, 11) is 0. The molecular formula is C22H23ClF2N4O2. The van der Waals surface area contributed by atoms with E-state index < -0.39 is 17.4 Å². The third kappa shape index (κ3) is 3.64. The molecule has 0 bridgehead atoms. The minimum atomic E-state index is -0.844. The smallest absolute Gasteiger partial charge is 0.159 e. The molecule has 0 spiro atoms. The average molecular weight is 449 g/mol. The van der Waals surface area contributed by atoms with E-state index in [1.807, 2.05) is 6.92 Å². The first-order valence-electron chi connectivity index (χ1n) is 10.1. The van der Waals surface area contributed by atoms with Gasteiger partial charge in [-0.05, 0) is 32.9 Å².